The molecule has 1 heterocycles. The number of aromatic nitrogens is 1. The Hall–Kier alpha value is -2.26. The van der Waals surface area contributed by atoms with Gasteiger partial charge in [-0.25, -0.2) is 9.78 Å². The Morgan fingerprint density at radius 3 is 2.21 bits per heavy atom. The highest BCUT2D eigenvalue weighted by molar-refractivity contribution is 5.96. The third kappa shape index (κ3) is 3.14. The maximum Gasteiger partial charge on any atom is 0.463 e. The molecule has 5 nitrogen and oxygen atoms in total. The van der Waals surface area contributed by atoms with Crippen LogP contribution in [0.3, 0.4) is 0 Å². The second-order valence-corrected chi connectivity index (χ2v) is 3.24. The Kier molecular flexibility index (Phi) is 3.73. The number of hydrogen-bond donors (Lipinski definition) is 2. The molecule has 2 N–H and O–H groups in total. The van der Waals surface area contributed by atoms with Crippen LogP contribution in [0.2, 0.25) is 0 Å². The van der Waals surface area contributed by atoms with Gasteiger partial charge < -0.3 is 10.4 Å². The number of pyridine rings is 1. The van der Waals surface area contributed by atoms with Gasteiger partial charge in [-0.3, -0.25) is 4.79 Å². The molecule has 0 aromatic carbocycles. The van der Waals surface area contributed by atoms with Gasteiger partial charge in [-0.2, -0.15) is 22.0 Å². The minimum atomic E-state index is -6.05. The molecule has 104 valence electrons. The first-order valence-corrected chi connectivity index (χ1v) is 4.52. The first-order valence-electron chi connectivity index (χ1n) is 4.52. The summed E-state index contributed by atoms with van der Waals surface area (Å²) in [6.07, 6.45) is -6.05. The van der Waals surface area contributed by atoms with E-state index < -0.39 is 35.5 Å². The summed E-state index contributed by atoms with van der Waals surface area (Å²) in [5.74, 6) is -10.5. The highest BCUT2D eigenvalue weighted by atomic mass is 19.4. The first kappa shape index (κ1) is 14.8. The molecule has 0 saturated carbocycles. The number of carbonyl (C=O) groups is 2. The Morgan fingerprint density at radius 2 is 1.74 bits per heavy atom. The topological polar surface area (TPSA) is 79.3 Å². The molecule has 0 atom stereocenters. The average Bonchev–Trinajstić information content (AvgIpc) is 2.27. The van der Waals surface area contributed by atoms with Crippen LogP contribution in [0.25, 0.3) is 0 Å². The summed E-state index contributed by atoms with van der Waals surface area (Å²) in [4.78, 5) is 24.5. The molecule has 1 rings (SSSR count). The molecule has 0 aliphatic carbocycles. The lowest BCUT2D eigenvalue weighted by Gasteiger charge is -2.18. The minimum Gasteiger partial charge on any atom is -0.477 e. The number of aromatic carboxylic acids is 1. The number of carboxylic acids is 1. The van der Waals surface area contributed by atoms with Crippen LogP contribution in [0.1, 0.15) is 10.5 Å². The second-order valence-electron chi connectivity index (χ2n) is 3.24. The van der Waals surface area contributed by atoms with Crippen molar-refractivity contribution in [1.82, 2.24) is 4.98 Å². The number of anilines is 1. The largest absolute Gasteiger partial charge is 0.477 e. The van der Waals surface area contributed by atoms with Gasteiger partial charge in [0, 0.05) is 0 Å². The van der Waals surface area contributed by atoms with Gasteiger partial charge >= 0.3 is 24.0 Å². The number of nitrogens with zero attached hydrogens (tertiary/aromatic N) is 1. The van der Waals surface area contributed by atoms with E-state index in [0.29, 0.717) is 0 Å². The van der Waals surface area contributed by atoms with Crippen molar-refractivity contribution in [1.29, 1.82) is 0 Å². The Balaban J connectivity index is 2.95. The molecule has 0 spiro atoms. The Bertz CT molecular complexity index is 515. The molecule has 1 amide bonds. The number of nitrogens with one attached hydrogen (secondary N) is 1. The monoisotopic (exact) mass is 284 g/mol. The molecular formula is C9H5F5N2O3. The van der Waals surface area contributed by atoms with Gasteiger partial charge in [0.25, 0.3) is 0 Å². The molecular weight excluding hydrogens is 279 g/mol. The number of rotatable bonds is 3. The van der Waals surface area contributed by atoms with E-state index in [4.69, 9.17) is 5.11 Å². The predicted molar refractivity (Wildman–Crippen MR) is 50.8 cm³/mol. The predicted octanol–water partition coefficient (Wildman–Crippen LogP) is 1.92. The molecule has 0 radical (unpaired) electrons. The van der Waals surface area contributed by atoms with Crippen LogP contribution in [0, 0.1) is 0 Å². The molecule has 0 unspecified atom stereocenters. The maximum absolute atomic E-state index is 12.6. The van der Waals surface area contributed by atoms with Crippen molar-refractivity contribution in [3.8, 4) is 0 Å². The van der Waals surface area contributed by atoms with Crippen molar-refractivity contribution in [2.75, 3.05) is 5.32 Å². The van der Waals surface area contributed by atoms with Crippen LogP contribution in [0.15, 0.2) is 18.2 Å². The lowest BCUT2D eigenvalue weighted by atomic mass is 10.3. The van der Waals surface area contributed by atoms with E-state index in [1.54, 1.807) is 0 Å². The van der Waals surface area contributed by atoms with E-state index in [1.165, 1.54) is 5.32 Å². The third-order valence-electron chi connectivity index (χ3n) is 1.85. The van der Waals surface area contributed by atoms with Crippen molar-refractivity contribution in [3.05, 3.63) is 23.9 Å². The molecule has 0 aliphatic rings. The number of carbonyl (C=O) groups excluding carboxylic acids is 1. The zero-order valence-electron chi connectivity index (χ0n) is 8.83. The SMILES string of the molecule is O=C(O)c1cccc(NC(=O)C(F)(F)C(F)(F)F)n1. The van der Waals surface area contributed by atoms with E-state index in [1.807, 2.05) is 0 Å². The fourth-order valence-corrected chi connectivity index (χ4v) is 0.947. The summed E-state index contributed by atoms with van der Waals surface area (Å²) in [6.45, 7) is 0. The summed E-state index contributed by atoms with van der Waals surface area (Å²) in [6, 6.07) is 2.87. The highest BCUT2D eigenvalue weighted by Gasteiger charge is 2.63. The van der Waals surface area contributed by atoms with Gasteiger partial charge in [0.2, 0.25) is 0 Å². The van der Waals surface area contributed by atoms with Crippen LogP contribution < -0.4 is 5.32 Å². The van der Waals surface area contributed by atoms with Crippen molar-refractivity contribution < 1.29 is 36.6 Å². The Morgan fingerprint density at radius 1 is 1.16 bits per heavy atom. The van der Waals surface area contributed by atoms with Gasteiger partial charge in [-0.05, 0) is 12.1 Å². The Labute approximate surface area is 102 Å². The number of alkyl halides is 5. The van der Waals surface area contributed by atoms with Gasteiger partial charge in [0.05, 0.1) is 0 Å². The standard InChI is InChI=1S/C9H5F5N2O3/c10-8(11,9(12,13)14)7(19)16-5-3-1-2-4(15-5)6(17)18/h1-3H,(H,17,18)(H,15,16,19). The molecule has 0 fully saturated rings. The van der Waals surface area contributed by atoms with Gasteiger partial charge in [-0.15, -0.1) is 0 Å². The first-order chi connectivity index (χ1) is 8.55. The second kappa shape index (κ2) is 4.78. The zero-order valence-corrected chi connectivity index (χ0v) is 8.83. The minimum absolute atomic E-state index is 0.617. The summed E-state index contributed by atoms with van der Waals surface area (Å²) in [7, 11) is 0. The zero-order chi connectivity index (χ0) is 14.8. The quantitative estimate of drug-likeness (QED) is 0.831. The molecule has 0 saturated heterocycles. The van der Waals surface area contributed by atoms with Crippen LogP contribution in [-0.4, -0.2) is 34.1 Å². The van der Waals surface area contributed by atoms with Crippen LogP contribution in [0.4, 0.5) is 27.8 Å². The van der Waals surface area contributed by atoms with Crippen molar-refractivity contribution in [2.45, 2.75) is 12.1 Å². The normalized spacial score (nSPS) is 12.1. The molecule has 0 bridgehead atoms. The van der Waals surface area contributed by atoms with Gasteiger partial charge in [0.15, 0.2) is 5.69 Å². The summed E-state index contributed by atoms with van der Waals surface area (Å²) >= 11 is 0. The highest BCUT2D eigenvalue weighted by Crippen LogP contribution is 2.36. The van der Waals surface area contributed by atoms with E-state index >= 15 is 0 Å². The fraction of sp³-hybridized carbons (Fsp3) is 0.222. The van der Waals surface area contributed by atoms with Crippen LogP contribution in [-0.2, 0) is 4.79 Å². The third-order valence-corrected chi connectivity index (χ3v) is 1.85. The van der Waals surface area contributed by atoms with Crippen LogP contribution in [0.5, 0.6) is 0 Å². The van der Waals surface area contributed by atoms with Gasteiger partial charge in [-0.1, -0.05) is 6.07 Å². The summed E-state index contributed by atoms with van der Waals surface area (Å²) in [5, 5.41) is 9.73. The molecule has 1 aromatic rings. The lowest BCUT2D eigenvalue weighted by Crippen LogP contribution is -2.47. The van der Waals surface area contributed by atoms with Crippen LogP contribution >= 0.6 is 0 Å². The van der Waals surface area contributed by atoms with Crippen molar-refractivity contribution in [3.63, 3.8) is 0 Å². The molecule has 10 heteroatoms. The number of carboxylic acid groups (broad SMARTS) is 1. The van der Waals surface area contributed by atoms with Gasteiger partial charge in [0.1, 0.15) is 5.82 Å². The van der Waals surface area contributed by atoms with Crippen molar-refractivity contribution in [2.24, 2.45) is 0 Å². The van der Waals surface area contributed by atoms with E-state index in [0.717, 1.165) is 18.2 Å². The lowest BCUT2D eigenvalue weighted by molar-refractivity contribution is -0.267. The fourth-order valence-electron chi connectivity index (χ4n) is 0.947. The summed E-state index contributed by atoms with van der Waals surface area (Å²) < 4.78 is 60.8. The smallest absolute Gasteiger partial charge is 0.463 e. The van der Waals surface area contributed by atoms with E-state index in [-0.39, 0.29) is 0 Å². The molecule has 1 aromatic heterocycles. The number of halogens is 5. The molecule has 19 heavy (non-hydrogen) atoms. The summed E-state index contributed by atoms with van der Waals surface area (Å²) in [5.41, 5.74) is -0.617. The maximum atomic E-state index is 12.6. The number of hydrogen-bond acceptors (Lipinski definition) is 3. The molecule has 0 aliphatic heterocycles. The van der Waals surface area contributed by atoms with Crippen molar-refractivity contribution >= 4 is 17.7 Å². The average molecular weight is 284 g/mol. The van der Waals surface area contributed by atoms with E-state index in [2.05, 4.69) is 4.98 Å². The number of amides is 1. The van der Waals surface area contributed by atoms with E-state index in [9.17, 15) is 31.5 Å².